The highest BCUT2D eigenvalue weighted by Crippen LogP contribution is 2.28. The van der Waals surface area contributed by atoms with E-state index in [1.165, 1.54) is 27.1 Å². The molecule has 5 rings (SSSR count). The Labute approximate surface area is 248 Å². The molecular formula is C33H41ClN4OS. The number of carbonyl (C=O) groups is 1. The number of thioether (sulfide) groups is 1. The zero-order valence-electron chi connectivity index (χ0n) is 23.5. The number of hydrogen-bond acceptors (Lipinski definition) is 5. The van der Waals surface area contributed by atoms with E-state index in [0.717, 1.165) is 76.6 Å². The van der Waals surface area contributed by atoms with Crippen LogP contribution in [0.5, 0.6) is 0 Å². The molecule has 5 nitrogen and oxygen atoms in total. The smallest absolute Gasteiger partial charge is 0.239 e. The highest BCUT2D eigenvalue weighted by Gasteiger charge is 2.32. The Morgan fingerprint density at radius 1 is 0.900 bits per heavy atom. The fourth-order valence-electron chi connectivity index (χ4n) is 6.10. The molecule has 3 aromatic rings. The van der Waals surface area contributed by atoms with Gasteiger partial charge in [-0.2, -0.15) is 0 Å². The Kier molecular flexibility index (Phi) is 10.2. The van der Waals surface area contributed by atoms with Crippen LogP contribution in [0.25, 0.3) is 11.1 Å². The van der Waals surface area contributed by atoms with Crippen LogP contribution in [-0.4, -0.2) is 78.7 Å². The third-order valence-electron chi connectivity index (χ3n) is 8.55. The first-order valence-electron chi connectivity index (χ1n) is 14.5. The normalized spacial score (nSPS) is 18.1. The molecule has 0 unspecified atom stereocenters. The minimum atomic E-state index is -0.400. The molecule has 0 bridgehead atoms. The van der Waals surface area contributed by atoms with E-state index < -0.39 is 6.04 Å². The summed E-state index contributed by atoms with van der Waals surface area (Å²) >= 11 is 8.16. The van der Waals surface area contributed by atoms with Crippen LogP contribution < -0.4 is 5.73 Å². The predicted molar refractivity (Wildman–Crippen MR) is 168 cm³/mol. The van der Waals surface area contributed by atoms with Crippen molar-refractivity contribution in [3.63, 3.8) is 0 Å². The molecule has 2 saturated heterocycles. The van der Waals surface area contributed by atoms with E-state index in [4.69, 9.17) is 17.3 Å². The monoisotopic (exact) mass is 576 g/mol. The fraction of sp³-hybridized carbons (Fsp3) is 0.424. The molecule has 2 aliphatic heterocycles. The lowest BCUT2D eigenvalue weighted by molar-refractivity contribution is -0.136. The van der Waals surface area contributed by atoms with Gasteiger partial charge in [0.25, 0.3) is 0 Å². The summed E-state index contributed by atoms with van der Waals surface area (Å²) in [6.45, 7) is 7.20. The Balaban J connectivity index is 1.08. The molecule has 212 valence electrons. The quantitative estimate of drug-likeness (QED) is 0.333. The zero-order chi connectivity index (χ0) is 27.9. The molecule has 0 aliphatic carbocycles. The van der Waals surface area contributed by atoms with Crippen LogP contribution in [-0.2, 0) is 17.8 Å². The van der Waals surface area contributed by atoms with Crippen molar-refractivity contribution < 1.29 is 4.79 Å². The first-order chi connectivity index (χ1) is 19.5. The van der Waals surface area contributed by atoms with Crippen molar-refractivity contribution >= 4 is 29.3 Å². The van der Waals surface area contributed by atoms with E-state index in [9.17, 15) is 4.79 Å². The maximum absolute atomic E-state index is 13.3. The number of piperidine rings is 1. The number of carbonyl (C=O) groups excluding carboxylic acids is 1. The Bertz CT molecular complexity index is 1260. The second kappa shape index (κ2) is 14.0. The summed E-state index contributed by atoms with van der Waals surface area (Å²) in [7, 11) is 0. The molecule has 2 N–H and O–H groups in total. The summed E-state index contributed by atoms with van der Waals surface area (Å²) in [5.74, 6) is 0.385. The van der Waals surface area contributed by atoms with Crippen LogP contribution in [0.2, 0.25) is 5.02 Å². The molecule has 0 spiro atoms. The standard InChI is InChI=1S/C33H41ClN4OS/c1-40-31-10-6-5-9-28(31)24-37-19-21-38(22-20-37)33(39)32(35)26-13-16-36(17-14-26)18-15-27-23-29(34)11-12-30(27)25-7-3-2-4-8-25/h2-12,23,26,32H,13-22,24,35H2,1H3/t32-/m1/s1. The first kappa shape index (κ1) is 29.2. The lowest BCUT2D eigenvalue weighted by Gasteiger charge is -2.39. The molecular weight excluding hydrogens is 536 g/mol. The van der Waals surface area contributed by atoms with Gasteiger partial charge in [0.15, 0.2) is 0 Å². The van der Waals surface area contributed by atoms with Crippen molar-refractivity contribution in [1.82, 2.24) is 14.7 Å². The van der Waals surface area contributed by atoms with Crippen molar-refractivity contribution in [2.24, 2.45) is 11.7 Å². The Hall–Kier alpha value is -2.35. The summed E-state index contributed by atoms with van der Waals surface area (Å²) in [6, 6.07) is 24.9. The van der Waals surface area contributed by atoms with Gasteiger partial charge in [-0.15, -0.1) is 11.8 Å². The topological polar surface area (TPSA) is 52.8 Å². The predicted octanol–water partition coefficient (Wildman–Crippen LogP) is 5.66. The molecule has 2 aliphatic rings. The van der Waals surface area contributed by atoms with Gasteiger partial charge in [0.05, 0.1) is 6.04 Å². The molecule has 0 aromatic heterocycles. The average molecular weight is 577 g/mol. The van der Waals surface area contributed by atoms with Gasteiger partial charge in [-0.25, -0.2) is 0 Å². The van der Waals surface area contributed by atoms with E-state index in [1.807, 2.05) is 17.0 Å². The van der Waals surface area contributed by atoms with Gasteiger partial charge < -0.3 is 15.5 Å². The van der Waals surface area contributed by atoms with Crippen molar-refractivity contribution in [3.05, 3.63) is 88.9 Å². The van der Waals surface area contributed by atoms with E-state index in [-0.39, 0.29) is 11.8 Å². The van der Waals surface area contributed by atoms with Gasteiger partial charge in [-0.05, 0) is 85.0 Å². The summed E-state index contributed by atoms with van der Waals surface area (Å²) in [6.07, 6.45) is 5.02. The molecule has 40 heavy (non-hydrogen) atoms. The zero-order valence-corrected chi connectivity index (χ0v) is 25.0. The highest BCUT2D eigenvalue weighted by atomic mass is 35.5. The number of halogens is 1. The number of benzene rings is 3. The molecule has 2 fully saturated rings. The molecule has 0 radical (unpaired) electrons. The van der Waals surface area contributed by atoms with Gasteiger partial charge in [-0.3, -0.25) is 9.69 Å². The molecule has 0 saturated carbocycles. The summed E-state index contributed by atoms with van der Waals surface area (Å²) < 4.78 is 0. The molecule has 7 heteroatoms. The van der Waals surface area contributed by atoms with Crippen LogP contribution in [0.3, 0.4) is 0 Å². The van der Waals surface area contributed by atoms with Crippen LogP contribution >= 0.6 is 23.4 Å². The van der Waals surface area contributed by atoms with Crippen molar-refractivity contribution in [3.8, 4) is 11.1 Å². The number of amides is 1. The van der Waals surface area contributed by atoms with E-state index in [2.05, 4.69) is 76.7 Å². The average Bonchev–Trinajstić information content (AvgIpc) is 3.01. The maximum Gasteiger partial charge on any atom is 0.239 e. The van der Waals surface area contributed by atoms with Gasteiger partial charge in [-0.1, -0.05) is 66.2 Å². The van der Waals surface area contributed by atoms with Gasteiger partial charge >= 0.3 is 0 Å². The minimum Gasteiger partial charge on any atom is -0.339 e. The highest BCUT2D eigenvalue weighted by molar-refractivity contribution is 7.98. The molecule has 3 aromatic carbocycles. The number of nitrogens with two attached hydrogens (primary N) is 1. The second-order valence-corrected chi connectivity index (χ2v) is 12.3. The van der Waals surface area contributed by atoms with Crippen molar-refractivity contribution in [1.29, 1.82) is 0 Å². The largest absolute Gasteiger partial charge is 0.339 e. The van der Waals surface area contributed by atoms with Gasteiger partial charge in [0.1, 0.15) is 0 Å². The Morgan fingerprint density at radius 2 is 1.60 bits per heavy atom. The van der Waals surface area contributed by atoms with Crippen molar-refractivity contribution in [2.45, 2.75) is 36.7 Å². The molecule has 2 heterocycles. The second-order valence-electron chi connectivity index (χ2n) is 11.0. The van der Waals surface area contributed by atoms with Crippen LogP contribution in [0.15, 0.2) is 77.7 Å². The first-order valence-corrected chi connectivity index (χ1v) is 16.1. The third-order valence-corrected chi connectivity index (χ3v) is 9.62. The third kappa shape index (κ3) is 7.29. The van der Waals surface area contributed by atoms with Gasteiger partial charge in [0, 0.05) is 49.2 Å². The van der Waals surface area contributed by atoms with E-state index in [1.54, 1.807) is 11.8 Å². The lowest BCUT2D eigenvalue weighted by atomic mass is 9.88. The molecule has 1 amide bonds. The van der Waals surface area contributed by atoms with Crippen LogP contribution in [0.1, 0.15) is 24.0 Å². The summed E-state index contributed by atoms with van der Waals surface area (Å²) in [5.41, 5.74) is 11.7. The SMILES string of the molecule is CSc1ccccc1CN1CCN(C(=O)[C@H](N)C2CCN(CCc3cc(Cl)ccc3-c3ccccc3)CC2)CC1. The van der Waals surface area contributed by atoms with Gasteiger partial charge in [0.2, 0.25) is 5.91 Å². The Morgan fingerprint density at radius 3 is 2.33 bits per heavy atom. The number of piperazine rings is 1. The minimum absolute atomic E-state index is 0.133. The van der Waals surface area contributed by atoms with E-state index >= 15 is 0 Å². The fourth-order valence-corrected chi connectivity index (χ4v) is 6.90. The van der Waals surface area contributed by atoms with E-state index in [0.29, 0.717) is 0 Å². The summed E-state index contributed by atoms with van der Waals surface area (Å²) in [4.78, 5) is 21.6. The molecule has 1 atom stereocenters. The maximum atomic E-state index is 13.3. The number of likely N-dealkylation sites (tertiary alicyclic amines) is 1. The van der Waals surface area contributed by atoms with Crippen LogP contribution in [0, 0.1) is 5.92 Å². The van der Waals surface area contributed by atoms with Crippen LogP contribution in [0.4, 0.5) is 0 Å². The number of nitrogens with zero attached hydrogens (tertiary/aromatic N) is 3. The lowest BCUT2D eigenvalue weighted by Crippen LogP contribution is -2.55. The number of hydrogen-bond donors (Lipinski definition) is 1. The summed E-state index contributed by atoms with van der Waals surface area (Å²) in [5, 5.41) is 0.781. The van der Waals surface area contributed by atoms with Crippen molar-refractivity contribution in [2.75, 3.05) is 52.1 Å². The number of rotatable bonds is 9.